The fraction of sp³-hybridized carbons (Fsp3) is 0.308. The second-order valence-corrected chi connectivity index (χ2v) is 9.01. The Kier molecular flexibility index (Phi) is 5.23. The third-order valence-corrected chi connectivity index (χ3v) is 6.83. The van der Waals surface area contributed by atoms with Crippen molar-refractivity contribution < 1.29 is 0 Å². The fourth-order valence-electron chi connectivity index (χ4n) is 4.53. The fourth-order valence-corrected chi connectivity index (χ4v) is 4.53. The van der Waals surface area contributed by atoms with E-state index in [0.717, 1.165) is 28.0 Å². The van der Waals surface area contributed by atoms with Gasteiger partial charge in [-0.25, -0.2) is 9.80 Å². The lowest BCUT2D eigenvalue weighted by atomic mass is 10.1. The zero-order valence-electron chi connectivity index (χ0n) is 20.1. The number of rotatable bonds is 4. The van der Waals surface area contributed by atoms with Crippen LogP contribution in [-0.2, 0) is 20.1 Å². The quantitative estimate of drug-likeness (QED) is 0.471. The van der Waals surface area contributed by atoms with E-state index in [-0.39, 0.29) is 23.8 Å². The highest BCUT2D eigenvalue weighted by Crippen LogP contribution is 2.31. The molecule has 5 rings (SSSR count). The highest BCUT2D eigenvalue weighted by Gasteiger charge is 2.31. The summed E-state index contributed by atoms with van der Waals surface area (Å²) in [4.78, 5) is 31.7. The van der Waals surface area contributed by atoms with Crippen molar-refractivity contribution in [3.05, 3.63) is 91.6 Å². The van der Waals surface area contributed by atoms with Gasteiger partial charge in [0.05, 0.1) is 24.8 Å². The molecule has 0 spiro atoms. The molecule has 2 aromatic carbocycles. The number of nitrogens with zero attached hydrogens (tertiary/aromatic N) is 6. The number of aryl methyl sites for hydroxylation is 3. The SMILES string of the molecule is CC1=NN(Cc2ccccc2C)c2nc3c(c(=O)n(Cc4ccccc4C)c(=O)n3C)n2C1C. The van der Waals surface area contributed by atoms with Gasteiger partial charge in [0.2, 0.25) is 5.95 Å². The van der Waals surface area contributed by atoms with E-state index in [0.29, 0.717) is 23.7 Å². The summed E-state index contributed by atoms with van der Waals surface area (Å²) in [5.74, 6) is 0.567. The molecule has 0 fully saturated rings. The molecule has 0 aliphatic carbocycles. The van der Waals surface area contributed by atoms with Crippen molar-refractivity contribution in [1.82, 2.24) is 18.7 Å². The van der Waals surface area contributed by atoms with Gasteiger partial charge in [0, 0.05) is 7.05 Å². The summed E-state index contributed by atoms with van der Waals surface area (Å²) in [5.41, 5.74) is 5.20. The zero-order valence-corrected chi connectivity index (χ0v) is 20.1. The van der Waals surface area contributed by atoms with E-state index in [4.69, 9.17) is 10.1 Å². The number of imidazole rings is 1. The minimum Gasteiger partial charge on any atom is -0.294 e. The monoisotopic (exact) mass is 456 g/mol. The number of aromatic nitrogens is 4. The van der Waals surface area contributed by atoms with Gasteiger partial charge >= 0.3 is 5.69 Å². The van der Waals surface area contributed by atoms with E-state index in [9.17, 15) is 9.59 Å². The largest absolute Gasteiger partial charge is 0.332 e. The molecule has 1 aliphatic heterocycles. The van der Waals surface area contributed by atoms with E-state index in [2.05, 4.69) is 19.1 Å². The number of anilines is 1. The third kappa shape index (κ3) is 3.37. The Morgan fingerprint density at radius 1 is 0.882 bits per heavy atom. The molecule has 2 aromatic heterocycles. The number of fused-ring (bicyclic) bond motifs is 3. The van der Waals surface area contributed by atoms with Gasteiger partial charge in [-0.3, -0.25) is 18.5 Å². The molecule has 1 unspecified atom stereocenters. The molecule has 0 amide bonds. The molecule has 3 heterocycles. The smallest absolute Gasteiger partial charge is 0.294 e. The molecular weight excluding hydrogens is 428 g/mol. The maximum Gasteiger partial charge on any atom is 0.332 e. The van der Waals surface area contributed by atoms with Crippen LogP contribution in [0.2, 0.25) is 0 Å². The molecule has 4 aromatic rings. The molecule has 34 heavy (non-hydrogen) atoms. The van der Waals surface area contributed by atoms with Gasteiger partial charge in [0.1, 0.15) is 0 Å². The lowest BCUT2D eigenvalue weighted by Crippen LogP contribution is -2.40. The highest BCUT2D eigenvalue weighted by molar-refractivity contribution is 5.91. The minimum atomic E-state index is -0.382. The van der Waals surface area contributed by atoms with Gasteiger partial charge in [0.25, 0.3) is 5.56 Å². The summed E-state index contributed by atoms with van der Waals surface area (Å²) < 4.78 is 4.69. The molecule has 0 saturated heterocycles. The Balaban J connectivity index is 1.71. The topological polar surface area (TPSA) is 77.4 Å². The molecule has 0 bridgehead atoms. The maximum absolute atomic E-state index is 13.8. The Labute approximate surface area is 197 Å². The number of hydrogen-bond donors (Lipinski definition) is 0. The van der Waals surface area contributed by atoms with Crippen LogP contribution in [-0.4, -0.2) is 24.4 Å². The minimum absolute atomic E-state index is 0.162. The van der Waals surface area contributed by atoms with E-state index < -0.39 is 0 Å². The van der Waals surface area contributed by atoms with Crippen molar-refractivity contribution >= 4 is 22.8 Å². The number of hydrogen-bond acceptors (Lipinski definition) is 5. The summed E-state index contributed by atoms with van der Waals surface area (Å²) in [6.07, 6.45) is 0. The standard InChI is InChI=1S/C26H28N6O2/c1-16-10-6-8-12-20(16)14-30-24(33)22-23(29(5)26(30)34)27-25-31(28-18(3)19(4)32(22)25)15-21-13-9-7-11-17(21)2/h6-13,19H,14-15H2,1-5H3. The van der Waals surface area contributed by atoms with Gasteiger partial charge in [0.15, 0.2) is 11.2 Å². The first kappa shape index (κ1) is 21.9. The first-order chi connectivity index (χ1) is 16.3. The molecule has 1 atom stereocenters. The van der Waals surface area contributed by atoms with Crippen LogP contribution in [0.25, 0.3) is 11.2 Å². The molecule has 8 nitrogen and oxygen atoms in total. The lowest BCUT2D eigenvalue weighted by molar-refractivity contribution is 0.625. The Morgan fingerprint density at radius 3 is 2.09 bits per heavy atom. The summed E-state index contributed by atoms with van der Waals surface area (Å²) >= 11 is 0. The average Bonchev–Trinajstić information content (AvgIpc) is 3.23. The van der Waals surface area contributed by atoms with Crippen LogP contribution < -0.4 is 16.3 Å². The van der Waals surface area contributed by atoms with Crippen LogP contribution in [0.4, 0.5) is 5.95 Å². The second-order valence-electron chi connectivity index (χ2n) is 9.01. The van der Waals surface area contributed by atoms with Crippen LogP contribution in [0.3, 0.4) is 0 Å². The number of hydrazone groups is 1. The Bertz CT molecular complexity index is 1570. The highest BCUT2D eigenvalue weighted by atomic mass is 16.2. The van der Waals surface area contributed by atoms with Gasteiger partial charge in [-0.05, 0) is 49.9 Å². The number of benzene rings is 2. The Morgan fingerprint density at radius 2 is 1.47 bits per heavy atom. The van der Waals surface area contributed by atoms with Crippen LogP contribution in [0.1, 0.15) is 42.1 Å². The van der Waals surface area contributed by atoms with Crippen molar-refractivity contribution in [2.75, 3.05) is 5.01 Å². The normalized spacial score (nSPS) is 15.5. The summed E-state index contributed by atoms with van der Waals surface area (Å²) in [6, 6.07) is 15.8. The zero-order chi connectivity index (χ0) is 24.1. The van der Waals surface area contributed by atoms with Gasteiger partial charge in [-0.1, -0.05) is 48.5 Å². The van der Waals surface area contributed by atoms with Gasteiger partial charge < -0.3 is 0 Å². The Hall–Kier alpha value is -3.94. The maximum atomic E-state index is 13.8. The average molecular weight is 457 g/mol. The van der Waals surface area contributed by atoms with Crippen molar-refractivity contribution in [2.24, 2.45) is 12.1 Å². The van der Waals surface area contributed by atoms with E-state index >= 15 is 0 Å². The molecule has 1 aliphatic rings. The second kappa shape index (κ2) is 8.13. The van der Waals surface area contributed by atoms with Crippen LogP contribution in [0.5, 0.6) is 0 Å². The first-order valence-corrected chi connectivity index (χ1v) is 11.4. The van der Waals surface area contributed by atoms with Gasteiger partial charge in [-0.15, -0.1) is 0 Å². The predicted molar refractivity (Wildman–Crippen MR) is 135 cm³/mol. The lowest BCUT2D eigenvalue weighted by Gasteiger charge is -2.29. The summed E-state index contributed by atoms with van der Waals surface area (Å²) in [7, 11) is 1.67. The molecular formula is C26H28N6O2. The van der Waals surface area contributed by atoms with E-state index in [1.807, 2.05) is 66.7 Å². The van der Waals surface area contributed by atoms with Crippen LogP contribution in [0.15, 0.2) is 63.2 Å². The van der Waals surface area contributed by atoms with Crippen molar-refractivity contribution in [1.29, 1.82) is 0 Å². The summed E-state index contributed by atoms with van der Waals surface area (Å²) in [5, 5.41) is 6.62. The predicted octanol–water partition coefficient (Wildman–Crippen LogP) is 3.52. The van der Waals surface area contributed by atoms with Crippen LogP contribution >= 0.6 is 0 Å². The molecule has 174 valence electrons. The van der Waals surface area contributed by atoms with Crippen molar-refractivity contribution in [3.8, 4) is 0 Å². The van der Waals surface area contributed by atoms with Gasteiger partial charge in [-0.2, -0.15) is 10.1 Å². The third-order valence-electron chi connectivity index (χ3n) is 6.83. The molecule has 8 heteroatoms. The first-order valence-electron chi connectivity index (χ1n) is 11.4. The van der Waals surface area contributed by atoms with Crippen LogP contribution in [0, 0.1) is 13.8 Å². The van der Waals surface area contributed by atoms with E-state index in [1.165, 1.54) is 9.13 Å². The van der Waals surface area contributed by atoms with Crippen molar-refractivity contribution in [3.63, 3.8) is 0 Å². The summed E-state index contributed by atoms with van der Waals surface area (Å²) in [6.45, 7) is 8.74. The molecule has 0 saturated carbocycles. The van der Waals surface area contributed by atoms with E-state index in [1.54, 1.807) is 7.05 Å². The molecule has 0 N–H and O–H groups in total. The molecule has 0 radical (unpaired) electrons. The van der Waals surface area contributed by atoms with Crippen molar-refractivity contribution in [2.45, 2.75) is 46.8 Å².